The number of nitrogens with zero attached hydrogens (tertiary/aromatic N) is 2. The Kier molecular flexibility index (Phi) is 7.61. The normalized spacial score (nSPS) is 12.9. The van der Waals surface area contributed by atoms with Gasteiger partial charge in [0.25, 0.3) is 0 Å². The highest BCUT2D eigenvalue weighted by atomic mass is 16.4. The summed E-state index contributed by atoms with van der Waals surface area (Å²) >= 11 is 0. The van der Waals surface area contributed by atoms with Crippen LogP contribution in [-0.2, 0) is 4.79 Å². The first kappa shape index (κ1) is 18.7. The molecule has 5 nitrogen and oxygen atoms in total. The second-order valence-electron chi connectivity index (χ2n) is 5.70. The zero-order chi connectivity index (χ0) is 15.9. The maximum atomic E-state index is 12.7. The molecule has 1 unspecified atom stereocenters. The smallest absolute Gasteiger partial charge is 0.329 e. The second kappa shape index (κ2) is 8.12. The largest absolute Gasteiger partial charge is 0.480 e. The molecule has 0 spiro atoms. The summed E-state index contributed by atoms with van der Waals surface area (Å²) in [6.07, 6.45) is 2.80. The topological polar surface area (TPSA) is 60.9 Å². The van der Waals surface area contributed by atoms with Crippen molar-refractivity contribution in [2.75, 3.05) is 13.1 Å². The maximum absolute atomic E-state index is 12.7. The minimum Gasteiger partial charge on any atom is -0.480 e. The van der Waals surface area contributed by atoms with Gasteiger partial charge in [-0.25, -0.2) is 9.59 Å². The molecule has 0 rings (SSSR count). The Morgan fingerprint density at radius 3 is 2.10 bits per heavy atom. The fourth-order valence-electron chi connectivity index (χ4n) is 2.09. The van der Waals surface area contributed by atoms with Crippen LogP contribution in [0.3, 0.4) is 0 Å². The third-order valence-corrected chi connectivity index (χ3v) is 3.87. The number of aliphatic carboxylic acids is 1. The summed E-state index contributed by atoms with van der Waals surface area (Å²) in [7, 11) is 0. The Hall–Kier alpha value is -1.26. The summed E-state index contributed by atoms with van der Waals surface area (Å²) in [6.45, 7) is 12.2. The molecule has 20 heavy (non-hydrogen) atoms. The Labute approximate surface area is 122 Å². The molecule has 0 saturated carbocycles. The molecule has 118 valence electrons. The van der Waals surface area contributed by atoms with Crippen LogP contribution in [0.2, 0.25) is 0 Å². The van der Waals surface area contributed by atoms with Gasteiger partial charge in [0.2, 0.25) is 0 Å². The van der Waals surface area contributed by atoms with Crippen molar-refractivity contribution in [1.29, 1.82) is 0 Å². The molecular formula is C15H30N2O3. The first-order chi connectivity index (χ1) is 9.23. The van der Waals surface area contributed by atoms with Crippen molar-refractivity contribution in [2.45, 2.75) is 72.4 Å². The summed E-state index contributed by atoms with van der Waals surface area (Å²) in [5.41, 5.74) is -1.19. The molecule has 0 fully saturated rings. The molecule has 0 aliphatic carbocycles. The first-order valence-corrected chi connectivity index (χ1v) is 7.55. The van der Waals surface area contributed by atoms with Crippen LogP contribution in [-0.4, -0.2) is 51.6 Å². The number of urea groups is 1. The van der Waals surface area contributed by atoms with Crippen LogP contribution >= 0.6 is 0 Å². The lowest BCUT2D eigenvalue weighted by Gasteiger charge is -2.40. The average molecular weight is 286 g/mol. The molecule has 0 aromatic heterocycles. The van der Waals surface area contributed by atoms with E-state index in [1.807, 2.05) is 20.8 Å². The number of rotatable bonds is 8. The number of amides is 2. The molecule has 0 saturated heterocycles. The molecule has 0 aromatic carbocycles. The lowest BCUT2D eigenvalue weighted by atomic mass is 10.0. The first-order valence-electron chi connectivity index (χ1n) is 7.55. The van der Waals surface area contributed by atoms with Crippen LogP contribution in [0.1, 0.15) is 60.8 Å². The van der Waals surface area contributed by atoms with E-state index in [9.17, 15) is 14.7 Å². The standard InChI is InChI=1S/C15H30N2O3/c1-7-10-11-16(12(4)8-2)14(20)17(9-3)15(5,6)13(18)19/h12H,7-11H2,1-6H3,(H,18,19). The van der Waals surface area contributed by atoms with Crippen LogP contribution in [0.5, 0.6) is 0 Å². The molecule has 1 atom stereocenters. The molecule has 5 heteroatoms. The van der Waals surface area contributed by atoms with E-state index in [-0.39, 0.29) is 12.1 Å². The summed E-state index contributed by atoms with van der Waals surface area (Å²) in [4.78, 5) is 27.4. The molecule has 0 heterocycles. The van der Waals surface area contributed by atoms with Crippen molar-refractivity contribution in [3.05, 3.63) is 0 Å². The average Bonchev–Trinajstić information content (AvgIpc) is 2.39. The van der Waals surface area contributed by atoms with Gasteiger partial charge in [0, 0.05) is 19.1 Å². The van der Waals surface area contributed by atoms with Gasteiger partial charge < -0.3 is 14.9 Å². The zero-order valence-corrected chi connectivity index (χ0v) is 13.8. The Morgan fingerprint density at radius 1 is 1.20 bits per heavy atom. The van der Waals surface area contributed by atoms with E-state index in [4.69, 9.17) is 0 Å². The highest BCUT2D eigenvalue weighted by Gasteiger charge is 2.39. The predicted octanol–water partition coefficient (Wildman–Crippen LogP) is 3.19. The minimum atomic E-state index is -1.19. The summed E-state index contributed by atoms with van der Waals surface area (Å²) in [6, 6.07) is -0.0598. The molecular weight excluding hydrogens is 256 g/mol. The molecule has 0 aliphatic rings. The molecule has 0 aliphatic heterocycles. The van der Waals surface area contributed by atoms with E-state index in [0.717, 1.165) is 19.3 Å². The lowest BCUT2D eigenvalue weighted by molar-refractivity contribution is -0.147. The number of likely N-dealkylation sites (N-methyl/N-ethyl adjacent to an activating group) is 1. The number of carbonyl (C=O) groups excluding carboxylic acids is 1. The van der Waals surface area contributed by atoms with E-state index < -0.39 is 11.5 Å². The van der Waals surface area contributed by atoms with Gasteiger partial charge in [-0.3, -0.25) is 0 Å². The predicted molar refractivity (Wildman–Crippen MR) is 80.9 cm³/mol. The van der Waals surface area contributed by atoms with Crippen molar-refractivity contribution < 1.29 is 14.7 Å². The van der Waals surface area contributed by atoms with Gasteiger partial charge in [-0.05, 0) is 40.5 Å². The van der Waals surface area contributed by atoms with Gasteiger partial charge in [0.1, 0.15) is 5.54 Å². The number of carboxylic acids is 1. The zero-order valence-electron chi connectivity index (χ0n) is 13.8. The fourth-order valence-corrected chi connectivity index (χ4v) is 2.09. The van der Waals surface area contributed by atoms with Crippen molar-refractivity contribution >= 4 is 12.0 Å². The van der Waals surface area contributed by atoms with Gasteiger partial charge in [-0.15, -0.1) is 0 Å². The van der Waals surface area contributed by atoms with Crippen molar-refractivity contribution in [3.8, 4) is 0 Å². The molecule has 2 amide bonds. The lowest BCUT2D eigenvalue weighted by Crippen LogP contribution is -2.58. The molecule has 0 radical (unpaired) electrons. The van der Waals surface area contributed by atoms with Crippen LogP contribution in [0.15, 0.2) is 0 Å². The Bertz CT molecular complexity index is 329. The fraction of sp³-hybridized carbons (Fsp3) is 0.867. The monoisotopic (exact) mass is 286 g/mol. The minimum absolute atomic E-state index is 0.118. The third kappa shape index (κ3) is 4.39. The summed E-state index contributed by atoms with van der Waals surface area (Å²) < 4.78 is 0. The van der Waals surface area contributed by atoms with Crippen LogP contribution in [0.25, 0.3) is 0 Å². The Morgan fingerprint density at radius 2 is 1.75 bits per heavy atom. The summed E-state index contributed by atoms with van der Waals surface area (Å²) in [5.74, 6) is -0.979. The van der Waals surface area contributed by atoms with Gasteiger partial charge in [-0.2, -0.15) is 0 Å². The number of hydrogen-bond acceptors (Lipinski definition) is 2. The number of hydrogen-bond donors (Lipinski definition) is 1. The third-order valence-electron chi connectivity index (χ3n) is 3.87. The van der Waals surface area contributed by atoms with Crippen molar-refractivity contribution in [1.82, 2.24) is 9.80 Å². The van der Waals surface area contributed by atoms with E-state index in [1.54, 1.807) is 18.7 Å². The van der Waals surface area contributed by atoms with E-state index in [0.29, 0.717) is 13.1 Å². The van der Waals surface area contributed by atoms with E-state index in [2.05, 4.69) is 6.92 Å². The number of carbonyl (C=O) groups is 2. The van der Waals surface area contributed by atoms with Gasteiger partial charge >= 0.3 is 12.0 Å². The number of unbranched alkanes of at least 4 members (excludes halogenated alkanes) is 1. The summed E-state index contributed by atoms with van der Waals surface area (Å²) in [5, 5.41) is 9.33. The SMILES string of the molecule is CCCCN(C(=O)N(CC)C(C)(C)C(=O)O)C(C)CC. The number of carboxylic acid groups (broad SMARTS) is 1. The Balaban J connectivity index is 5.23. The highest BCUT2D eigenvalue weighted by Crippen LogP contribution is 2.19. The van der Waals surface area contributed by atoms with E-state index in [1.165, 1.54) is 4.90 Å². The molecule has 0 bridgehead atoms. The highest BCUT2D eigenvalue weighted by molar-refractivity contribution is 5.85. The second-order valence-corrected chi connectivity index (χ2v) is 5.70. The van der Waals surface area contributed by atoms with Crippen molar-refractivity contribution in [2.24, 2.45) is 0 Å². The van der Waals surface area contributed by atoms with Crippen LogP contribution in [0.4, 0.5) is 4.79 Å². The van der Waals surface area contributed by atoms with Gasteiger partial charge in [-0.1, -0.05) is 20.3 Å². The van der Waals surface area contributed by atoms with E-state index >= 15 is 0 Å². The van der Waals surface area contributed by atoms with Gasteiger partial charge in [0.15, 0.2) is 0 Å². The van der Waals surface area contributed by atoms with Gasteiger partial charge in [0.05, 0.1) is 0 Å². The van der Waals surface area contributed by atoms with Crippen LogP contribution in [0, 0.1) is 0 Å². The van der Waals surface area contributed by atoms with Crippen molar-refractivity contribution in [3.63, 3.8) is 0 Å². The quantitative estimate of drug-likeness (QED) is 0.745. The maximum Gasteiger partial charge on any atom is 0.329 e. The van der Waals surface area contributed by atoms with Crippen LogP contribution < -0.4 is 0 Å². The molecule has 0 aromatic rings. The molecule has 1 N–H and O–H groups in total.